The Labute approximate surface area is 119 Å². The van der Waals surface area contributed by atoms with Crippen molar-refractivity contribution in [2.75, 3.05) is 6.61 Å². The smallest absolute Gasteiger partial charge is 0.244 e. The van der Waals surface area contributed by atoms with Gasteiger partial charge >= 0.3 is 0 Å². The number of amides is 1. The number of carbonyl (C=O) groups is 1. The normalized spacial score (nSPS) is 33.5. The summed E-state index contributed by atoms with van der Waals surface area (Å²) in [6.45, 7) is 4.05. The van der Waals surface area contributed by atoms with Gasteiger partial charge in [-0.15, -0.1) is 0 Å². The minimum atomic E-state index is -1.24. The number of hydrogen-bond acceptors (Lipinski definition) is 2. The fourth-order valence-electron chi connectivity index (χ4n) is 2.99. The fraction of sp³-hybridized carbons (Fsp3) is 0.562. The van der Waals surface area contributed by atoms with Crippen LogP contribution in [0.25, 0.3) is 0 Å². The molecule has 0 saturated heterocycles. The number of rotatable bonds is 4. The van der Waals surface area contributed by atoms with Crippen LogP contribution in [0, 0.1) is 11.8 Å². The molecule has 0 aromatic carbocycles. The zero-order valence-corrected chi connectivity index (χ0v) is 12.0. The van der Waals surface area contributed by atoms with E-state index in [1.54, 1.807) is 6.92 Å². The number of allylic oxidation sites excluding steroid dienone is 3. The van der Waals surface area contributed by atoms with Crippen LogP contribution in [-0.2, 0) is 9.53 Å². The van der Waals surface area contributed by atoms with Gasteiger partial charge in [-0.1, -0.05) is 31.2 Å². The molecular formula is C16H22FNO2. The first-order valence-corrected chi connectivity index (χ1v) is 7.10. The van der Waals surface area contributed by atoms with Crippen LogP contribution in [-0.4, -0.2) is 24.8 Å². The van der Waals surface area contributed by atoms with Crippen molar-refractivity contribution in [2.45, 2.75) is 39.0 Å². The largest absolute Gasteiger partial charge is 0.374 e. The van der Waals surface area contributed by atoms with Crippen molar-refractivity contribution in [1.29, 1.82) is 0 Å². The van der Waals surface area contributed by atoms with Gasteiger partial charge in [0.15, 0.2) is 0 Å². The first-order valence-electron chi connectivity index (χ1n) is 7.10. The average molecular weight is 279 g/mol. The van der Waals surface area contributed by atoms with Gasteiger partial charge in [0.2, 0.25) is 5.91 Å². The monoisotopic (exact) mass is 279 g/mol. The maximum Gasteiger partial charge on any atom is 0.244 e. The lowest BCUT2D eigenvalue weighted by atomic mass is 9.81. The molecule has 4 heteroatoms. The van der Waals surface area contributed by atoms with Gasteiger partial charge < -0.3 is 10.5 Å². The van der Waals surface area contributed by atoms with Crippen LogP contribution >= 0.6 is 0 Å². The third-order valence-corrected chi connectivity index (χ3v) is 4.10. The van der Waals surface area contributed by atoms with Gasteiger partial charge in [-0.3, -0.25) is 4.79 Å². The molecule has 0 aromatic rings. The number of ether oxygens (including phenoxy) is 1. The van der Waals surface area contributed by atoms with E-state index >= 15 is 0 Å². The summed E-state index contributed by atoms with van der Waals surface area (Å²) in [4.78, 5) is 11.4. The molecule has 2 aliphatic rings. The second-order valence-corrected chi connectivity index (χ2v) is 5.68. The van der Waals surface area contributed by atoms with Crippen LogP contribution in [0.5, 0.6) is 0 Å². The molecule has 2 rings (SSSR count). The molecule has 0 aliphatic heterocycles. The first kappa shape index (κ1) is 15.0. The Hall–Kier alpha value is -1.42. The van der Waals surface area contributed by atoms with E-state index in [1.807, 2.05) is 19.1 Å². The second kappa shape index (κ2) is 6.35. The summed E-state index contributed by atoms with van der Waals surface area (Å²) < 4.78 is 20.1. The Morgan fingerprint density at radius 2 is 2.25 bits per heavy atom. The Balaban J connectivity index is 1.99. The van der Waals surface area contributed by atoms with E-state index in [-0.39, 0.29) is 5.92 Å². The second-order valence-electron chi connectivity index (χ2n) is 5.68. The van der Waals surface area contributed by atoms with Crippen molar-refractivity contribution in [3.8, 4) is 0 Å². The molecule has 2 N–H and O–H groups in total. The third kappa shape index (κ3) is 3.18. The van der Waals surface area contributed by atoms with Gasteiger partial charge in [-0.25, -0.2) is 4.39 Å². The molecule has 4 unspecified atom stereocenters. The SMILES string of the molecule is CC1=C(C(N)=O)C(C)CC(OCC2C=CC=CC2)C1F. The number of halogens is 1. The van der Waals surface area contributed by atoms with Crippen molar-refractivity contribution < 1.29 is 13.9 Å². The molecule has 110 valence electrons. The Kier molecular flexibility index (Phi) is 4.76. The highest BCUT2D eigenvalue weighted by Crippen LogP contribution is 2.34. The summed E-state index contributed by atoms with van der Waals surface area (Å²) in [6, 6.07) is 0. The molecule has 0 bridgehead atoms. The predicted octanol–water partition coefficient (Wildman–Crippen LogP) is 2.68. The van der Waals surface area contributed by atoms with E-state index in [2.05, 4.69) is 12.2 Å². The van der Waals surface area contributed by atoms with Crippen molar-refractivity contribution in [3.63, 3.8) is 0 Å². The highest BCUT2D eigenvalue weighted by atomic mass is 19.1. The summed E-state index contributed by atoms with van der Waals surface area (Å²) in [5.41, 5.74) is 6.18. The first-order chi connectivity index (χ1) is 9.50. The predicted molar refractivity (Wildman–Crippen MR) is 76.7 cm³/mol. The Morgan fingerprint density at radius 1 is 1.50 bits per heavy atom. The number of alkyl halides is 1. The molecule has 0 fully saturated rings. The van der Waals surface area contributed by atoms with Gasteiger partial charge in [0.25, 0.3) is 0 Å². The van der Waals surface area contributed by atoms with Crippen molar-refractivity contribution in [1.82, 2.24) is 0 Å². The Bertz CT molecular complexity index is 467. The Morgan fingerprint density at radius 3 is 2.85 bits per heavy atom. The van der Waals surface area contributed by atoms with Crippen LogP contribution in [0.4, 0.5) is 4.39 Å². The van der Waals surface area contributed by atoms with E-state index < -0.39 is 18.2 Å². The minimum absolute atomic E-state index is 0.0497. The summed E-state index contributed by atoms with van der Waals surface area (Å²) >= 11 is 0. The van der Waals surface area contributed by atoms with Crippen LogP contribution in [0.3, 0.4) is 0 Å². The molecule has 4 atom stereocenters. The van der Waals surface area contributed by atoms with Gasteiger partial charge in [-0.05, 0) is 31.3 Å². The van der Waals surface area contributed by atoms with Crippen LogP contribution in [0.15, 0.2) is 35.5 Å². The molecular weight excluding hydrogens is 257 g/mol. The van der Waals surface area contributed by atoms with E-state index in [4.69, 9.17) is 10.5 Å². The van der Waals surface area contributed by atoms with Crippen LogP contribution in [0.2, 0.25) is 0 Å². The quantitative estimate of drug-likeness (QED) is 0.860. The van der Waals surface area contributed by atoms with E-state index in [0.717, 1.165) is 6.42 Å². The lowest BCUT2D eigenvalue weighted by molar-refractivity contribution is -0.115. The zero-order chi connectivity index (χ0) is 14.7. The topological polar surface area (TPSA) is 52.3 Å². The molecule has 2 aliphatic carbocycles. The van der Waals surface area contributed by atoms with Crippen molar-refractivity contribution in [2.24, 2.45) is 17.6 Å². The van der Waals surface area contributed by atoms with E-state index in [9.17, 15) is 9.18 Å². The van der Waals surface area contributed by atoms with E-state index in [1.165, 1.54) is 0 Å². The maximum atomic E-state index is 14.4. The number of nitrogens with two attached hydrogens (primary N) is 1. The molecule has 0 heterocycles. The molecule has 0 saturated carbocycles. The average Bonchev–Trinajstić information content (AvgIpc) is 2.42. The van der Waals surface area contributed by atoms with Crippen molar-refractivity contribution in [3.05, 3.63) is 35.5 Å². The lowest BCUT2D eigenvalue weighted by Crippen LogP contribution is -2.38. The third-order valence-electron chi connectivity index (χ3n) is 4.10. The molecule has 1 amide bonds. The number of primary amides is 1. The van der Waals surface area contributed by atoms with Crippen LogP contribution in [0.1, 0.15) is 26.7 Å². The van der Waals surface area contributed by atoms with E-state index in [0.29, 0.717) is 30.1 Å². The molecule has 0 aromatic heterocycles. The highest BCUT2D eigenvalue weighted by Gasteiger charge is 2.36. The van der Waals surface area contributed by atoms with Gasteiger partial charge in [0.1, 0.15) is 6.17 Å². The van der Waals surface area contributed by atoms with Gasteiger partial charge in [-0.2, -0.15) is 0 Å². The fourth-order valence-corrected chi connectivity index (χ4v) is 2.99. The minimum Gasteiger partial charge on any atom is -0.374 e. The lowest BCUT2D eigenvalue weighted by Gasteiger charge is -2.33. The summed E-state index contributed by atoms with van der Waals surface area (Å²) in [6.07, 6.45) is 7.87. The molecule has 0 spiro atoms. The summed E-state index contributed by atoms with van der Waals surface area (Å²) in [5.74, 6) is -0.257. The van der Waals surface area contributed by atoms with Gasteiger partial charge in [0.05, 0.1) is 12.7 Å². The summed E-state index contributed by atoms with van der Waals surface area (Å²) in [7, 11) is 0. The summed E-state index contributed by atoms with van der Waals surface area (Å²) in [5, 5.41) is 0. The maximum absolute atomic E-state index is 14.4. The van der Waals surface area contributed by atoms with Gasteiger partial charge in [0, 0.05) is 11.5 Å². The molecule has 20 heavy (non-hydrogen) atoms. The number of carbonyl (C=O) groups excluding carboxylic acids is 1. The standard InChI is InChI=1S/C16H22FNO2/c1-10-8-13(15(17)11(2)14(10)16(18)19)20-9-12-6-4-3-5-7-12/h3-6,10,12-13,15H,7-9H2,1-2H3,(H2,18,19). The molecule has 0 radical (unpaired) electrons. The number of hydrogen-bond donors (Lipinski definition) is 1. The van der Waals surface area contributed by atoms with Crippen molar-refractivity contribution >= 4 is 5.91 Å². The zero-order valence-electron chi connectivity index (χ0n) is 12.0. The highest BCUT2D eigenvalue weighted by molar-refractivity contribution is 5.93. The molecule has 3 nitrogen and oxygen atoms in total. The van der Waals surface area contributed by atoms with Crippen LogP contribution < -0.4 is 5.73 Å².